The number of anilines is 2. The molecule has 0 aromatic heterocycles. The predicted molar refractivity (Wildman–Crippen MR) is 138 cm³/mol. The van der Waals surface area contributed by atoms with Crippen molar-refractivity contribution in [2.45, 2.75) is 18.7 Å². The van der Waals surface area contributed by atoms with Crippen molar-refractivity contribution in [3.05, 3.63) is 82.3 Å². The van der Waals surface area contributed by atoms with Gasteiger partial charge in [0.05, 0.1) is 13.2 Å². The number of fused-ring (bicyclic) bond motifs is 4. The maximum absolute atomic E-state index is 13.8. The zero-order valence-corrected chi connectivity index (χ0v) is 20.7. The molecule has 0 unspecified atom stereocenters. The van der Waals surface area contributed by atoms with Crippen molar-refractivity contribution in [2.75, 3.05) is 17.3 Å². The lowest BCUT2D eigenvalue weighted by Gasteiger charge is -2.56. The van der Waals surface area contributed by atoms with Gasteiger partial charge in [-0.05, 0) is 73.7 Å². The zero-order valence-electron chi connectivity index (χ0n) is 18.3. The molecule has 3 aromatic carbocycles. The van der Waals surface area contributed by atoms with Crippen molar-refractivity contribution in [3.63, 3.8) is 0 Å². The third-order valence-corrected chi connectivity index (χ3v) is 6.99. The van der Waals surface area contributed by atoms with Crippen LogP contribution < -0.4 is 25.0 Å². The fourth-order valence-corrected chi connectivity index (χ4v) is 5.33. The summed E-state index contributed by atoms with van der Waals surface area (Å²) >= 11 is 17.9. The number of hydrogen-bond donors (Lipinski definition) is 2. The highest BCUT2D eigenvalue weighted by Crippen LogP contribution is 2.52. The van der Waals surface area contributed by atoms with E-state index in [1.165, 1.54) is 0 Å². The fourth-order valence-electron chi connectivity index (χ4n) is 4.66. The smallest absolute Gasteiger partial charge is 0.236 e. The lowest BCUT2D eigenvalue weighted by Crippen LogP contribution is -2.72. The Morgan fingerprint density at radius 3 is 2.38 bits per heavy atom. The summed E-state index contributed by atoms with van der Waals surface area (Å²) in [5.41, 5.74) is 1.00. The van der Waals surface area contributed by atoms with E-state index in [4.69, 9.17) is 44.9 Å². The van der Waals surface area contributed by atoms with Crippen molar-refractivity contribution in [3.8, 4) is 11.5 Å². The first-order valence-electron chi connectivity index (χ1n) is 10.6. The molecule has 2 N–H and O–H groups in total. The molecule has 2 aliphatic heterocycles. The van der Waals surface area contributed by atoms with E-state index in [2.05, 4.69) is 10.6 Å². The van der Waals surface area contributed by atoms with E-state index in [-0.39, 0.29) is 5.91 Å². The van der Waals surface area contributed by atoms with Crippen molar-refractivity contribution in [1.82, 2.24) is 5.32 Å². The summed E-state index contributed by atoms with van der Waals surface area (Å²) in [5, 5.41) is 8.01. The minimum Gasteiger partial charge on any atom is -0.493 e. The fraction of sp³-hybridized carbons (Fsp3) is 0.200. The lowest BCUT2D eigenvalue weighted by molar-refractivity contribution is -0.130. The lowest BCUT2D eigenvalue weighted by atomic mass is 9.78. The van der Waals surface area contributed by atoms with Crippen LogP contribution in [0.3, 0.4) is 0 Å². The summed E-state index contributed by atoms with van der Waals surface area (Å²) in [7, 11) is 1.59. The van der Waals surface area contributed by atoms with E-state index >= 15 is 0 Å². The van der Waals surface area contributed by atoms with E-state index in [1.54, 1.807) is 43.5 Å². The number of carbonyl (C=O) groups is 1. The number of amides is 1. The molecule has 34 heavy (non-hydrogen) atoms. The highest BCUT2D eigenvalue weighted by molar-refractivity contribution is 7.80. The largest absolute Gasteiger partial charge is 0.493 e. The molecule has 2 aliphatic rings. The third-order valence-electron chi connectivity index (χ3n) is 6.19. The van der Waals surface area contributed by atoms with Gasteiger partial charge in [0, 0.05) is 27.0 Å². The van der Waals surface area contributed by atoms with Gasteiger partial charge in [-0.1, -0.05) is 35.3 Å². The number of ether oxygens (including phenoxy) is 2. The molecule has 1 saturated heterocycles. The summed E-state index contributed by atoms with van der Waals surface area (Å²) in [6.45, 7) is 1.86. The number of thiocarbonyl (C=S) groups is 1. The van der Waals surface area contributed by atoms with Gasteiger partial charge in [0.2, 0.25) is 5.91 Å². The number of rotatable bonds is 4. The molecule has 0 aliphatic carbocycles. The summed E-state index contributed by atoms with van der Waals surface area (Å²) < 4.78 is 12.2. The minimum absolute atomic E-state index is 0.225. The van der Waals surface area contributed by atoms with E-state index in [0.717, 1.165) is 11.3 Å². The molecule has 6 nitrogen and oxygen atoms in total. The average molecular weight is 514 g/mol. The highest BCUT2D eigenvalue weighted by atomic mass is 35.5. The van der Waals surface area contributed by atoms with Crippen LogP contribution in [0.25, 0.3) is 0 Å². The number of para-hydroxylation sites is 1. The summed E-state index contributed by atoms with van der Waals surface area (Å²) in [6, 6.07) is 19.4. The SMILES string of the molecule is COc1cccc2c1O[C@@]1(C)[C@@H](C(=O)Nc3ccc(Cl)cc3)[C@@H]2NC(=S)N1c1ccc(Cl)cc1. The van der Waals surface area contributed by atoms with Gasteiger partial charge in [-0.15, -0.1) is 0 Å². The molecule has 0 spiro atoms. The van der Waals surface area contributed by atoms with E-state index < -0.39 is 17.7 Å². The van der Waals surface area contributed by atoms with E-state index in [1.807, 2.05) is 42.2 Å². The van der Waals surface area contributed by atoms with Gasteiger partial charge in [0.25, 0.3) is 0 Å². The second kappa shape index (κ2) is 8.65. The van der Waals surface area contributed by atoms with Gasteiger partial charge in [-0.3, -0.25) is 9.69 Å². The molecule has 5 rings (SSSR count). The van der Waals surface area contributed by atoms with Crippen LogP contribution in [0.2, 0.25) is 10.0 Å². The van der Waals surface area contributed by atoms with Gasteiger partial charge in [-0.25, -0.2) is 0 Å². The Balaban J connectivity index is 1.64. The Bertz CT molecular complexity index is 1270. The summed E-state index contributed by atoms with van der Waals surface area (Å²) in [6.07, 6.45) is 0. The van der Waals surface area contributed by atoms with Crippen LogP contribution in [0, 0.1) is 5.92 Å². The van der Waals surface area contributed by atoms with Crippen molar-refractivity contribution >= 4 is 57.8 Å². The topological polar surface area (TPSA) is 62.8 Å². The molecule has 1 fully saturated rings. The Kier molecular flexibility index (Phi) is 5.80. The van der Waals surface area contributed by atoms with E-state index in [9.17, 15) is 4.79 Å². The van der Waals surface area contributed by atoms with Crippen LogP contribution in [-0.4, -0.2) is 23.9 Å². The van der Waals surface area contributed by atoms with Crippen molar-refractivity contribution in [2.24, 2.45) is 5.92 Å². The molecule has 9 heteroatoms. The third kappa shape index (κ3) is 3.74. The molecule has 2 heterocycles. The number of nitrogens with one attached hydrogen (secondary N) is 2. The molecule has 3 atom stereocenters. The van der Waals surface area contributed by atoms with Crippen LogP contribution in [-0.2, 0) is 4.79 Å². The molecule has 2 bridgehead atoms. The maximum Gasteiger partial charge on any atom is 0.236 e. The van der Waals surface area contributed by atoms with Crippen LogP contribution in [0.15, 0.2) is 66.7 Å². The Morgan fingerprint density at radius 2 is 1.74 bits per heavy atom. The van der Waals surface area contributed by atoms with Gasteiger partial charge >= 0.3 is 0 Å². The van der Waals surface area contributed by atoms with Gasteiger partial charge < -0.3 is 20.1 Å². The first-order chi connectivity index (χ1) is 16.3. The molecule has 0 radical (unpaired) electrons. The quantitative estimate of drug-likeness (QED) is 0.429. The van der Waals surface area contributed by atoms with Crippen molar-refractivity contribution < 1.29 is 14.3 Å². The molecular weight excluding hydrogens is 493 g/mol. The summed E-state index contributed by atoms with van der Waals surface area (Å²) in [5.74, 6) is 0.250. The number of carbonyl (C=O) groups excluding carboxylic acids is 1. The molecule has 3 aromatic rings. The first kappa shape index (κ1) is 22.8. The molecular formula is C25H21Cl2N3O3S. The van der Waals surface area contributed by atoms with Crippen molar-refractivity contribution in [1.29, 1.82) is 0 Å². The second-order valence-electron chi connectivity index (χ2n) is 8.25. The van der Waals surface area contributed by atoms with Gasteiger partial charge in [0.1, 0.15) is 5.92 Å². The molecule has 1 amide bonds. The number of methoxy groups -OCH3 is 1. The number of hydrogen-bond acceptors (Lipinski definition) is 4. The van der Waals surface area contributed by atoms with E-state index in [0.29, 0.717) is 32.3 Å². The van der Waals surface area contributed by atoms with Crippen LogP contribution in [0.1, 0.15) is 18.5 Å². The molecule has 0 saturated carbocycles. The Labute approximate surface area is 212 Å². The van der Waals surface area contributed by atoms with Crippen LogP contribution >= 0.6 is 35.4 Å². The minimum atomic E-state index is -1.17. The highest BCUT2D eigenvalue weighted by Gasteiger charge is 2.59. The molecule has 174 valence electrons. The Hall–Kier alpha value is -3.00. The normalized spacial score (nSPS) is 22.8. The Morgan fingerprint density at radius 1 is 1.09 bits per heavy atom. The number of benzene rings is 3. The number of nitrogens with zero attached hydrogens (tertiary/aromatic N) is 1. The van der Waals surface area contributed by atoms with Crippen LogP contribution in [0.4, 0.5) is 11.4 Å². The number of halogens is 2. The van der Waals surface area contributed by atoms with Gasteiger partial charge in [-0.2, -0.15) is 0 Å². The first-order valence-corrected chi connectivity index (χ1v) is 11.8. The predicted octanol–water partition coefficient (Wildman–Crippen LogP) is 5.80. The zero-order chi connectivity index (χ0) is 24.0. The maximum atomic E-state index is 13.8. The standard InChI is InChI=1S/C25H21Cl2N3O3S/c1-25-20(23(31)28-16-10-6-14(26)7-11-16)21(18-4-3-5-19(32-2)22(18)33-25)29-24(34)30(25)17-12-8-15(27)9-13-17/h3-13,20-21H,1-2H3,(H,28,31)(H,29,34)/t20-,21-,25+/m1/s1. The second-order valence-corrected chi connectivity index (χ2v) is 9.51. The van der Waals surface area contributed by atoms with Gasteiger partial charge in [0.15, 0.2) is 22.3 Å². The van der Waals surface area contributed by atoms with Crippen LogP contribution in [0.5, 0.6) is 11.5 Å². The summed E-state index contributed by atoms with van der Waals surface area (Å²) in [4.78, 5) is 15.6. The monoisotopic (exact) mass is 513 g/mol. The average Bonchev–Trinajstić information content (AvgIpc) is 2.81.